The first kappa shape index (κ1) is 24.0. The molecule has 2 amide bonds. The van der Waals surface area contributed by atoms with Crippen LogP contribution in [0.3, 0.4) is 0 Å². The third-order valence-electron chi connectivity index (χ3n) is 6.09. The Bertz CT molecular complexity index is 1320. The molecular formula is C25H27N3O4S2. The van der Waals surface area contributed by atoms with Crippen molar-refractivity contribution in [2.45, 2.75) is 31.1 Å². The number of benzene rings is 2. The maximum Gasteiger partial charge on any atom is 0.264 e. The Morgan fingerprint density at radius 2 is 1.71 bits per heavy atom. The summed E-state index contributed by atoms with van der Waals surface area (Å²) in [6.45, 7) is 2.19. The van der Waals surface area contributed by atoms with Crippen molar-refractivity contribution in [3.8, 4) is 0 Å². The fourth-order valence-corrected chi connectivity index (χ4v) is 6.69. The van der Waals surface area contributed by atoms with E-state index in [9.17, 15) is 18.0 Å². The smallest absolute Gasteiger partial charge is 0.264 e. The van der Waals surface area contributed by atoms with Gasteiger partial charge in [-0.1, -0.05) is 25.1 Å². The number of nitrogens with one attached hydrogen (secondary N) is 2. The largest absolute Gasteiger partial charge is 0.355 e. The quantitative estimate of drug-likeness (QED) is 0.531. The molecule has 3 aromatic rings. The van der Waals surface area contributed by atoms with Crippen LogP contribution in [0.25, 0.3) is 0 Å². The van der Waals surface area contributed by atoms with Gasteiger partial charge in [0.05, 0.1) is 16.1 Å². The Morgan fingerprint density at radius 3 is 2.35 bits per heavy atom. The summed E-state index contributed by atoms with van der Waals surface area (Å²) < 4.78 is 27.2. The van der Waals surface area contributed by atoms with Gasteiger partial charge in [0.15, 0.2) is 0 Å². The molecule has 1 aromatic heterocycles. The van der Waals surface area contributed by atoms with E-state index in [2.05, 4.69) is 17.6 Å². The zero-order valence-corrected chi connectivity index (χ0v) is 20.9. The predicted octanol–water partition coefficient (Wildman–Crippen LogP) is 4.31. The Labute approximate surface area is 203 Å². The molecule has 0 radical (unpaired) electrons. The number of thiophene rings is 1. The Kier molecular flexibility index (Phi) is 6.77. The van der Waals surface area contributed by atoms with Crippen LogP contribution in [0.15, 0.2) is 59.5 Å². The second kappa shape index (κ2) is 9.60. The van der Waals surface area contributed by atoms with E-state index in [1.54, 1.807) is 31.3 Å². The number of para-hydroxylation sites is 1. The van der Waals surface area contributed by atoms with Crippen LogP contribution in [-0.4, -0.2) is 34.3 Å². The molecule has 0 saturated heterocycles. The van der Waals surface area contributed by atoms with Gasteiger partial charge in [0.1, 0.15) is 5.00 Å². The van der Waals surface area contributed by atoms with Crippen LogP contribution in [0, 0.1) is 5.92 Å². The second-order valence-electron chi connectivity index (χ2n) is 8.42. The first-order chi connectivity index (χ1) is 16.2. The van der Waals surface area contributed by atoms with Crippen molar-refractivity contribution in [3.05, 3.63) is 76.2 Å². The summed E-state index contributed by atoms with van der Waals surface area (Å²) in [6.07, 6.45) is 2.71. The van der Waals surface area contributed by atoms with Gasteiger partial charge in [-0.05, 0) is 67.1 Å². The summed E-state index contributed by atoms with van der Waals surface area (Å²) >= 11 is 1.45. The lowest BCUT2D eigenvalue weighted by atomic mass is 9.88. The number of fused-ring (bicyclic) bond motifs is 1. The van der Waals surface area contributed by atoms with Crippen molar-refractivity contribution in [2.75, 3.05) is 23.7 Å². The highest BCUT2D eigenvalue weighted by molar-refractivity contribution is 7.92. The summed E-state index contributed by atoms with van der Waals surface area (Å²) in [4.78, 5) is 26.8. The lowest BCUT2D eigenvalue weighted by molar-refractivity contribution is 0.0963. The summed E-state index contributed by atoms with van der Waals surface area (Å²) in [5.74, 6) is -0.0688. The number of amides is 2. The van der Waals surface area contributed by atoms with Gasteiger partial charge >= 0.3 is 0 Å². The molecule has 7 nitrogen and oxygen atoms in total. The van der Waals surface area contributed by atoms with E-state index in [1.807, 2.05) is 6.07 Å². The van der Waals surface area contributed by atoms with Crippen molar-refractivity contribution in [1.29, 1.82) is 0 Å². The van der Waals surface area contributed by atoms with Crippen LogP contribution < -0.4 is 14.9 Å². The molecule has 2 N–H and O–H groups in total. The molecule has 4 rings (SSSR count). The minimum atomic E-state index is -3.77. The van der Waals surface area contributed by atoms with E-state index < -0.39 is 15.9 Å². The highest BCUT2D eigenvalue weighted by atomic mass is 32.2. The van der Waals surface area contributed by atoms with Crippen molar-refractivity contribution < 1.29 is 18.0 Å². The summed E-state index contributed by atoms with van der Waals surface area (Å²) in [7, 11) is -0.702. The zero-order valence-electron chi connectivity index (χ0n) is 19.3. The molecule has 0 fully saturated rings. The van der Waals surface area contributed by atoms with Crippen LogP contribution in [0.5, 0.6) is 0 Å². The summed E-state index contributed by atoms with van der Waals surface area (Å²) in [5.41, 5.74) is 2.40. The normalized spacial score (nSPS) is 15.3. The lowest BCUT2D eigenvalue weighted by Gasteiger charge is -2.19. The molecule has 2 aromatic carbocycles. The molecule has 0 bridgehead atoms. The Hall–Kier alpha value is -3.17. The third kappa shape index (κ3) is 4.58. The van der Waals surface area contributed by atoms with Crippen LogP contribution in [-0.2, 0) is 22.9 Å². The van der Waals surface area contributed by atoms with Crippen LogP contribution >= 0.6 is 11.3 Å². The number of anilines is 2. The Morgan fingerprint density at radius 1 is 1.03 bits per heavy atom. The third-order valence-corrected chi connectivity index (χ3v) is 9.06. The van der Waals surface area contributed by atoms with Gasteiger partial charge in [0.25, 0.3) is 21.8 Å². The average Bonchev–Trinajstić information content (AvgIpc) is 3.20. The van der Waals surface area contributed by atoms with E-state index in [-0.39, 0.29) is 10.8 Å². The van der Waals surface area contributed by atoms with Crippen LogP contribution in [0.1, 0.15) is 44.5 Å². The molecule has 0 spiro atoms. The van der Waals surface area contributed by atoms with Crippen molar-refractivity contribution in [2.24, 2.45) is 5.92 Å². The molecule has 1 heterocycles. The molecule has 0 aliphatic heterocycles. The van der Waals surface area contributed by atoms with Crippen molar-refractivity contribution >= 4 is 43.9 Å². The van der Waals surface area contributed by atoms with Crippen LogP contribution in [0.2, 0.25) is 0 Å². The number of hydrogen-bond donors (Lipinski definition) is 2. The first-order valence-corrected chi connectivity index (χ1v) is 13.3. The first-order valence-electron chi connectivity index (χ1n) is 11.0. The van der Waals surface area contributed by atoms with Crippen LogP contribution in [0.4, 0.5) is 10.7 Å². The lowest BCUT2D eigenvalue weighted by Crippen LogP contribution is -2.26. The van der Waals surface area contributed by atoms with Crippen molar-refractivity contribution in [1.82, 2.24) is 5.32 Å². The van der Waals surface area contributed by atoms with Gasteiger partial charge in [0.2, 0.25) is 0 Å². The van der Waals surface area contributed by atoms with Gasteiger partial charge < -0.3 is 10.6 Å². The fraction of sp³-hybridized carbons (Fsp3) is 0.280. The standard InChI is InChI=1S/C25H27N3O4S2/c1-16-9-14-20-21(15-16)33-25(22(20)24(30)26-2)27-23(29)17-10-12-19(13-11-17)34(31,32)28(3)18-7-5-4-6-8-18/h4-8,10-13,16H,9,14-15H2,1-3H3,(H,26,30)(H,27,29)/t16-/m1/s1. The summed E-state index contributed by atoms with van der Waals surface area (Å²) in [6, 6.07) is 14.6. The molecule has 0 saturated carbocycles. The number of carbonyl (C=O) groups excluding carboxylic acids is 2. The van der Waals surface area contributed by atoms with Gasteiger partial charge in [-0.15, -0.1) is 11.3 Å². The van der Waals surface area contributed by atoms with E-state index in [4.69, 9.17) is 0 Å². The molecule has 1 aliphatic carbocycles. The molecular weight excluding hydrogens is 470 g/mol. The van der Waals surface area contributed by atoms with E-state index >= 15 is 0 Å². The van der Waals surface area contributed by atoms with Gasteiger partial charge in [-0.25, -0.2) is 8.42 Å². The highest BCUT2D eigenvalue weighted by Crippen LogP contribution is 2.39. The Balaban J connectivity index is 1.57. The number of rotatable bonds is 6. The number of hydrogen-bond acceptors (Lipinski definition) is 5. The maximum absolute atomic E-state index is 13.0. The predicted molar refractivity (Wildman–Crippen MR) is 135 cm³/mol. The highest BCUT2D eigenvalue weighted by Gasteiger charge is 2.28. The fourth-order valence-electron chi connectivity index (χ4n) is 4.09. The number of nitrogens with zero attached hydrogens (tertiary/aromatic N) is 1. The minimum Gasteiger partial charge on any atom is -0.355 e. The molecule has 9 heteroatoms. The topological polar surface area (TPSA) is 95.6 Å². The summed E-state index contributed by atoms with van der Waals surface area (Å²) in [5, 5.41) is 6.09. The maximum atomic E-state index is 13.0. The molecule has 0 unspecified atom stereocenters. The second-order valence-corrected chi connectivity index (χ2v) is 11.5. The van der Waals surface area contributed by atoms with E-state index in [1.165, 1.54) is 47.0 Å². The number of sulfonamides is 1. The minimum absolute atomic E-state index is 0.0852. The SMILES string of the molecule is CNC(=O)c1c(NC(=O)c2ccc(S(=O)(=O)N(C)c3ccccc3)cc2)sc2c1CC[C@@H](C)C2. The molecule has 1 atom stereocenters. The van der Waals surface area contributed by atoms with E-state index in [0.717, 1.165) is 29.7 Å². The van der Waals surface area contributed by atoms with Crippen molar-refractivity contribution in [3.63, 3.8) is 0 Å². The monoisotopic (exact) mass is 497 g/mol. The van der Waals surface area contributed by atoms with Gasteiger partial charge in [-0.3, -0.25) is 13.9 Å². The molecule has 178 valence electrons. The number of carbonyl (C=O) groups is 2. The molecule has 34 heavy (non-hydrogen) atoms. The average molecular weight is 498 g/mol. The zero-order chi connectivity index (χ0) is 24.5. The molecule has 1 aliphatic rings. The van der Waals surface area contributed by atoms with E-state index in [0.29, 0.717) is 27.7 Å². The van der Waals surface area contributed by atoms with Gasteiger partial charge in [-0.2, -0.15) is 0 Å². The van der Waals surface area contributed by atoms with Gasteiger partial charge in [0, 0.05) is 24.5 Å².